The van der Waals surface area contributed by atoms with Gasteiger partial charge in [-0.1, -0.05) is 24.0 Å². The third-order valence-corrected chi connectivity index (χ3v) is 4.78. The van der Waals surface area contributed by atoms with Crippen molar-refractivity contribution in [2.75, 3.05) is 5.48 Å². The molecule has 1 aromatic heterocycles. The van der Waals surface area contributed by atoms with Crippen molar-refractivity contribution in [3.63, 3.8) is 0 Å². The minimum atomic E-state index is -0.297. The Morgan fingerprint density at radius 3 is 2.85 bits per heavy atom. The van der Waals surface area contributed by atoms with Gasteiger partial charge in [0.15, 0.2) is 12.0 Å². The number of aromatic nitrogens is 1. The summed E-state index contributed by atoms with van der Waals surface area (Å²) in [5.41, 5.74) is 4.46. The molecule has 0 bridgehead atoms. The molecule has 1 aliphatic rings. The van der Waals surface area contributed by atoms with Crippen LogP contribution in [0.25, 0.3) is 10.4 Å². The van der Waals surface area contributed by atoms with Crippen LogP contribution in [0.15, 0.2) is 54.9 Å². The van der Waals surface area contributed by atoms with E-state index in [1.807, 2.05) is 38.1 Å². The van der Waals surface area contributed by atoms with Gasteiger partial charge in [-0.05, 0) is 49.8 Å². The van der Waals surface area contributed by atoms with Gasteiger partial charge in [-0.15, -0.1) is 0 Å². The summed E-state index contributed by atoms with van der Waals surface area (Å²) < 4.78 is 5.66. The third kappa shape index (κ3) is 5.18. The van der Waals surface area contributed by atoms with Crippen LogP contribution in [-0.4, -0.2) is 23.1 Å². The van der Waals surface area contributed by atoms with E-state index in [1.54, 1.807) is 18.3 Å². The normalized spacial score (nSPS) is 18.4. The van der Waals surface area contributed by atoms with Gasteiger partial charge in [0.25, 0.3) is 0 Å². The summed E-state index contributed by atoms with van der Waals surface area (Å²) in [5, 5.41) is 3.71. The summed E-state index contributed by atoms with van der Waals surface area (Å²) in [6.45, 7) is 7.62. The first-order valence-corrected chi connectivity index (χ1v) is 9.64. The molecule has 142 valence electrons. The molecule has 1 saturated heterocycles. The van der Waals surface area contributed by atoms with Crippen LogP contribution in [0.4, 0.5) is 5.13 Å². The number of hydrogen-bond donors (Lipinski definition) is 2. The van der Waals surface area contributed by atoms with Gasteiger partial charge in [0.2, 0.25) is 5.13 Å². The Labute approximate surface area is 162 Å². The number of piperidine rings is 1. The number of carbonyl (C=O) groups is 1. The lowest BCUT2D eigenvalue weighted by Crippen LogP contribution is -2.40. The monoisotopic (exact) mass is 385 g/mol. The summed E-state index contributed by atoms with van der Waals surface area (Å²) in [7, 11) is 0. The quantitative estimate of drug-likeness (QED) is 0.547. The van der Waals surface area contributed by atoms with Crippen molar-refractivity contribution in [1.29, 1.82) is 0 Å². The van der Waals surface area contributed by atoms with Crippen LogP contribution < -0.4 is 15.5 Å². The zero-order chi connectivity index (χ0) is 19.2. The van der Waals surface area contributed by atoms with Gasteiger partial charge in [0.05, 0.1) is 16.7 Å². The molecule has 2 heterocycles. The Balaban J connectivity index is 1.57. The van der Waals surface area contributed by atoms with E-state index < -0.39 is 0 Å². The highest BCUT2D eigenvalue weighted by molar-refractivity contribution is 7.18. The lowest BCUT2D eigenvalue weighted by atomic mass is 10.1. The number of nitrogens with one attached hydrogen (secondary N) is 2. The summed E-state index contributed by atoms with van der Waals surface area (Å²) in [6.07, 6.45) is 5.93. The van der Waals surface area contributed by atoms with Gasteiger partial charge in [0.1, 0.15) is 5.75 Å². The minimum absolute atomic E-state index is 0.0659. The average Bonchev–Trinajstić information content (AvgIpc) is 3.12. The first-order chi connectivity index (χ1) is 13.0. The van der Waals surface area contributed by atoms with E-state index in [4.69, 9.17) is 9.57 Å². The number of benzene rings is 1. The zero-order valence-electron chi connectivity index (χ0n) is 15.4. The number of ketones is 1. The van der Waals surface area contributed by atoms with E-state index in [1.165, 1.54) is 11.3 Å². The number of rotatable bonds is 7. The second kappa shape index (κ2) is 8.83. The van der Waals surface area contributed by atoms with Crippen molar-refractivity contribution in [2.24, 2.45) is 0 Å². The number of Topliss-reactive ketones (excluding diaryl/α,β-unsaturated/α-hetero) is 1. The molecule has 0 spiro atoms. The number of allylic oxidation sites excluding steroid dienone is 3. The summed E-state index contributed by atoms with van der Waals surface area (Å²) >= 11 is 1.49. The SMILES string of the molecule is C=C/C=C1\NC(ONc2ncc(-c3ccc(OC(C)C)cc3)s2)CCC1=O. The molecular weight excluding hydrogens is 362 g/mol. The predicted octanol–water partition coefficient (Wildman–Crippen LogP) is 4.29. The number of thiazole rings is 1. The molecule has 1 unspecified atom stereocenters. The molecule has 2 aromatic rings. The molecule has 2 N–H and O–H groups in total. The minimum Gasteiger partial charge on any atom is -0.491 e. The highest BCUT2D eigenvalue weighted by Gasteiger charge is 2.23. The molecule has 0 saturated carbocycles. The van der Waals surface area contributed by atoms with Crippen LogP contribution >= 0.6 is 11.3 Å². The maximum Gasteiger partial charge on any atom is 0.207 e. The van der Waals surface area contributed by atoms with Crippen LogP contribution in [0.3, 0.4) is 0 Å². The van der Waals surface area contributed by atoms with Crippen molar-refractivity contribution in [3.8, 4) is 16.2 Å². The lowest BCUT2D eigenvalue weighted by molar-refractivity contribution is -0.118. The van der Waals surface area contributed by atoms with Gasteiger partial charge in [-0.3, -0.25) is 4.79 Å². The second-order valence-electron chi connectivity index (χ2n) is 6.35. The molecule has 1 fully saturated rings. The maximum absolute atomic E-state index is 11.8. The van der Waals surface area contributed by atoms with Gasteiger partial charge in [-0.2, -0.15) is 0 Å². The van der Waals surface area contributed by atoms with Crippen molar-refractivity contribution >= 4 is 22.3 Å². The highest BCUT2D eigenvalue weighted by atomic mass is 32.1. The number of carbonyl (C=O) groups excluding carboxylic acids is 1. The number of hydrogen-bond acceptors (Lipinski definition) is 7. The molecule has 0 radical (unpaired) electrons. The first kappa shape index (κ1) is 19.1. The van der Waals surface area contributed by atoms with Crippen LogP contribution in [0, 0.1) is 0 Å². The van der Waals surface area contributed by atoms with Crippen LogP contribution in [0.2, 0.25) is 0 Å². The Bertz CT molecular complexity index is 827. The smallest absolute Gasteiger partial charge is 0.207 e. The van der Waals surface area contributed by atoms with Crippen LogP contribution in [0.1, 0.15) is 26.7 Å². The van der Waals surface area contributed by atoms with Gasteiger partial charge in [0, 0.05) is 19.0 Å². The predicted molar refractivity (Wildman–Crippen MR) is 107 cm³/mol. The Morgan fingerprint density at radius 2 is 2.15 bits per heavy atom. The van der Waals surface area contributed by atoms with Crippen molar-refractivity contribution in [3.05, 3.63) is 54.9 Å². The second-order valence-corrected chi connectivity index (χ2v) is 7.38. The average molecular weight is 385 g/mol. The highest BCUT2D eigenvalue weighted by Crippen LogP contribution is 2.30. The fourth-order valence-corrected chi connectivity index (χ4v) is 3.38. The summed E-state index contributed by atoms with van der Waals surface area (Å²) in [5.74, 6) is 0.914. The van der Waals surface area contributed by atoms with E-state index >= 15 is 0 Å². The topological polar surface area (TPSA) is 72.5 Å². The number of anilines is 1. The van der Waals surface area contributed by atoms with Crippen molar-refractivity contribution < 1.29 is 14.4 Å². The van der Waals surface area contributed by atoms with E-state index in [9.17, 15) is 4.79 Å². The molecular formula is C20H23N3O3S. The van der Waals surface area contributed by atoms with E-state index in [0.29, 0.717) is 23.7 Å². The van der Waals surface area contributed by atoms with E-state index in [-0.39, 0.29) is 18.1 Å². The fourth-order valence-electron chi connectivity index (χ4n) is 2.62. The van der Waals surface area contributed by atoms with Crippen LogP contribution in [0.5, 0.6) is 5.75 Å². The molecule has 3 rings (SSSR count). The maximum atomic E-state index is 11.8. The van der Waals surface area contributed by atoms with Gasteiger partial charge < -0.3 is 10.1 Å². The van der Waals surface area contributed by atoms with Gasteiger partial charge >= 0.3 is 0 Å². The summed E-state index contributed by atoms with van der Waals surface area (Å²) in [6, 6.07) is 7.93. The van der Waals surface area contributed by atoms with E-state index in [0.717, 1.165) is 16.2 Å². The Hall–Kier alpha value is -2.64. The van der Waals surface area contributed by atoms with Crippen LogP contribution in [-0.2, 0) is 9.63 Å². The molecule has 0 aliphatic carbocycles. The molecule has 1 aromatic carbocycles. The van der Waals surface area contributed by atoms with E-state index in [2.05, 4.69) is 22.4 Å². The van der Waals surface area contributed by atoms with Crippen molar-refractivity contribution in [2.45, 2.75) is 39.0 Å². The number of nitrogens with zero attached hydrogens (tertiary/aromatic N) is 1. The molecule has 0 amide bonds. The van der Waals surface area contributed by atoms with Gasteiger partial charge in [-0.25, -0.2) is 15.3 Å². The standard InChI is InChI=1S/C20H23N3O3S/c1-4-5-16-17(24)10-11-19(22-16)26-23-20-21-12-18(27-20)14-6-8-15(9-7-14)25-13(2)3/h4-9,12-13,19,22H,1,10-11H2,2-3H3,(H,21,23)/b16-5-. The molecule has 27 heavy (non-hydrogen) atoms. The largest absolute Gasteiger partial charge is 0.491 e. The van der Waals surface area contributed by atoms with Crippen molar-refractivity contribution in [1.82, 2.24) is 10.3 Å². The summed E-state index contributed by atoms with van der Waals surface area (Å²) in [4.78, 5) is 22.8. The molecule has 1 aliphatic heterocycles. The molecule has 1 atom stereocenters. The zero-order valence-corrected chi connectivity index (χ0v) is 16.2. The first-order valence-electron chi connectivity index (χ1n) is 8.82. The lowest BCUT2D eigenvalue weighted by Gasteiger charge is -2.25. The fraction of sp³-hybridized carbons (Fsp3) is 0.300. The molecule has 7 heteroatoms. The Morgan fingerprint density at radius 1 is 1.37 bits per heavy atom. The molecule has 6 nitrogen and oxygen atoms in total. The Kier molecular flexibility index (Phi) is 6.26. The number of ether oxygens (including phenoxy) is 1. The third-order valence-electron chi connectivity index (χ3n) is 3.84.